The summed E-state index contributed by atoms with van der Waals surface area (Å²) in [6, 6.07) is 2.31. The van der Waals surface area contributed by atoms with Gasteiger partial charge in [-0.2, -0.15) is 0 Å². The Morgan fingerprint density at radius 2 is 2.09 bits per heavy atom. The minimum atomic E-state index is -0.326. The van der Waals surface area contributed by atoms with Gasteiger partial charge in [-0.3, -0.25) is 0 Å². The van der Waals surface area contributed by atoms with Crippen molar-refractivity contribution in [3.8, 4) is 0 Å². The molecule has 6 heteroatoms. The van der Waals surface area contributed by atoms with Crippen LogP contribution in [0.25, 0.3) is 0 Å². The highest BCUT2D eigenvalue weighted by atomic mass is 32.1. The van der Waals surface area contributed by atoms with Gasteiger partial charge < -0.3 is 15.4 Å². The number of carbonyl (C=O) groups is 1. The van der Waals surface area contributed by atoms with Crippen LogP contribution in [0.1, 0.15) is 54.8 Å². The van der Waals surface area contributed by atoms with Gasteiger partial charge in [-0.1, -0.05) is 13.8 Å². The van der Waals surface area contributed by atoms with Gasteiger partial charge in [0.1, 0.15) is 5.00 Å². The van der Waals surface area contributed by atoms with E-state index in [1.165, 1.54) is 20.0 Å². The third-order valence-electron chi connectivity index (χ3n) is 4.12. The summed E-state index contributed by atoms with van der Waals surface area (Å²) < 4.78 is 4.84. The van der Waals surface area contributed by atoms with Gasteiger partial charge >= 0.3 is 5.97 Å². The molecule has 1 fully saturated rings. The van der Waals surface area contributed by atoms with Gasteiger partial charge in [0.2, 0.25) is 0 Å². The van der Waals surface area contributed by atoms with Crippen LogP contribution in [-0.4, -0.2) is 24.2 Å². The maximum Gasteiger partial charge on any atom is 0.340 e. The van der Waals surface area contributed by atoms with Crippen molar-refractivity contribution in [2.24, 2.45) is 5.92 Å². The van der Waals surface area contributed by atoms with Crippen LogP contribution >= 0.6 is 23.6 Å². The number of carbonyl (C=O) groups excluding carboxylic acids is 1. The van der Waals surface area contributed by atoms with Crippen molar-refractivity contribution in [2.45, 2.75) is 52.0 Å². The molecule has 1 saturated carbocycles. The van der Waals surface area contributed by atoms with Crippen LogP contribution in [0.15, 0.2) is 6.07 Å². The molecule has 1 aliphatic rings. The maximum absolute atomic E-state index is 11.9. The fourth-order valence-electron chi connectivity index (χ4n) is 2.70. The zero-order valence-corrected chi connectivity index (χ0v) is 15.0. The Balaban J connectivity index is 1.98. The number of esters is 1. The molecule has 2 rings (SSSR count). The van der Waals surface area contributed by atoms with Gasteiger partial charge in [0.05, 0.1) is 12.7 Å². The lowest BCUT2D eigenvalue weighted by atomic mass is 9.87. The molecule has 0 bridgehead atoms. The predicted molar refractivity (Wildman–Crippen MR) is 95.8 cm³/mol. The fraction of sp³-hybridized carbons (Fsp3) is 0.625. The first kappa shape index (κ1) is 17.2. The highest BCUT2D eigenvalue weighted by molar-refractivity contribution is 7.80. The second kappa shape index (κ2) is 7.92. The van der Waals surface area contributed by atoms with Crippen LogP contribution in [0.4, 0.5) is 5.00 Å². The number of aryl methyl sites for hydroxylation is 1. The molecule has 0 spiro atoms. The zero-order valence-electron chi connectivity index (χ0n) is 13.4. The first-order valence-electron chi connectivity index (χ1n) is 7.82. The molecule has 122 valence electrons. The van der Waals surface area contributed by atoms with E-state index >= 15 is 0 Å². The number of anilines is 1. The molecule has 1 aromatic rings. The first-order valence-corrected chi connectivity index (χ1v) is 9.04. The number of nitrogens with one attached hydrogen (secondary N) is 2. The average molecular weight is 341 g/mol. The maximum atomic E-state index is 11.9. The molecule has 0 radical (unpaired) electrons. The number of methoxy groups -OCH3 is 1. The largest absolute Gasteiger partial charge is 0.465 e. The molecule has 1 heterocycles. The van der Waals surface area contributed by atoms with E-state index in [0.717, 1.165) is 35.1 Å². The SMILES string of the molecule is CCc1cc(C(=O)OC)c(NC(=S)NC2CCC(C)CC2)s1. The monoisotopic (exact) mass is 340 g/mol. The van der Waals surface area contributed by atoms with Crippen molar-refractivity contribution >= 4 is 39.6 Å². The van der Waals surface area contributed by atoms with Crippen molar-refractivity contribution in [2.75, 3.05) is 12.4 Å². The van der Waals surface area contributed by atoms with Crippen molar-refractivity contribution in [3.05, 3.63) is 16.5 Å². The van der Waals surface area contributed by atoms with Gasteiger partial charge in [0.15, 0.2) is 5.11 Å². The molecule has 0 aliphatic heterocycles. The number of rotatable bonds is 4. The molecule has 0 saturated heterocycles. The fourth-order valence-corrected chi connectivity index (χ4v) is 4.02. The van der Waals surface area contributed by atoms with Crippen LogP contribution in [0.5, 0.6) is 0 Å². The Labute approximate surface area is 141 Å². The highest BCUT2D eigenvalue weighted by Crippen LogP contribution is 2.29. The van der Waals surface area contributed by atoms with Crippen LogP contribution in [0, 0.1) is 5.92 Å². The lowest BCUT2D eigenvalue weighted by molar-refractivity contribution is 0.0602. The molecule has 0 atom stereocenters. The van der Waals surface area contributed by atoms with Crippen LogP contribution < -0.4 is 10.6 Å². The van der Waals surface area contributed by atoms with Gasteiger partial charge in [-0.05, 0) is 56.3 Å². The molecular formula is C16H24N2O2S2. The molecule has 1 aromatic heterocycles. The van der Waals surface area contributed by atoms with E-state index in [0.29, 0.717) is 16.7 Å². The molecule has 0 aromatic carbocycles. The summed E-state index contributed by atoms with van der Waals surface area (Å²) in [6.45, 7) is 4.36. The van der Waals surface area contributed by atoms with E-state index < -0.39 is 0 Å². The average Bonchev–Trinajstić information content (AvgIpc) is 2.91. The normalized spacial score (nSPS) is 21.2. The molecule has 1 aliphatic carbocycles. The van der Waals surface area contributed by atoms with Gasteiger partial charge in [0.25, 0.3) is 0 Å². The summed E-state index contributed by atoms with van der Waals surface area (Å²) in [4.78, 5) is 13.0. The smallest absolute Gasteiger partial charge is 0.340 e. The Kier molecular flexibility index (Phi) is 6.20. The Hall–Kier alpha value is -1.14. The van der Waals surface area contributed by atoms with Crippen molar-refractivity contribution in [1.29, 1.82) is 0 Å². The van der Waals surface area contributed by atoms with Gasteiger partial charge in [-0.25, -0.2) is 4.79 Å². The molecule has 2 N–H and O–H groups in total. The topological polar surface area (TPSA) is 50.4 Å². The van der Waals surface area contributed by atoms with Gasteiger partial charge in [-0.15, -0.1) is 11.3 Å². The van der Waals surface area contributed by atoms with Crippen LogP contribution in [0.2, 0.25) is 0 Å². The molecule has 22 heavy (non-hydrogen) atoms. The zero-order chi connectivity index (χ0) is 16.1. The van der Waals surface area contributed by atoms with E-state index in [2.05, 4.69) is 24.5 Å². The molecule has 0 unspecified atom stereocenters. The minimum absolute atomic E-state index is 0.326. The van der Waals surface area contributed by atoms with Gasteiger partial charge in [0, 0.05) is 10.9 Å². The Morgan fingerprint density at radius 1 is 1.41 bits per heavy atom. The quantitative estimate of drug-likeness (QED) is 0.642. The van der Waals surface area contributed by atoms with Crippen LogP contribution in [-0.2, 0) is 11.2 Å². The molecule has 4 nitrogen and oxygen atoms in total. The van der Waals surface area contributed by atoms with E-state index in [-0.39, 0.29) is 5.97 Å². The lowest BCUT2D eigenvalue weighted by Crippen LogP contribution is -2.39. The second-order valence-electron chi connectivity index (χ2n) is 5.86. The summed E-state index contributed by atoms with van der Waals surface area (Å²) in [7, 11) is 1.40. The van der Waals surface area contributed by atoms with E-state index in [1.807, 2.05) is 6.07 Å². The third kappa shape index (κ3) is 4.43. The summed E-state index contributed by atoms with van der Waals surface area (Å²) >= 11 is 6.96. The summed E-state index contributed by atoms with van der Waals surface area (Å²) in [5.41, 5.74) is 0.561. The number of thiophene rings is 1. The molecular weight excluding hydrogens is 316 g/mol. The first-order chi connectivity index (χ1) is 10.5. The Morgan fingerprint density at radius 3 is 2.68 bits per heavy atom. The van der Waals surface area contributed by atoms with Crippen LogP contribution in [0.3, 0.4) is 0 Å². The van der Waals surface area contributed by atoms with E-state index in [9.17, 15) is 4.79 Å². The minimum Gasteiger partial charge on any atom is -0.465 e. The molecule has 0 amide bonds. The highest BCUT2D eigenvalue weighted by Gasteiger charge is 2.20. The standard InChI is InChI=1S/C16H24N2O2S2/c1-4-12-9-13(15(19)20-3)14(22-12)18-16(21)17-11-7-5-10(2)6-8-11/h9-11H,4-8H2,1-3H3,(H2,17,18,21). The Bertz CT molecular complexity index is 534. The number of thiocarbonyl (C=S) groups is 1. The second-order valence-corrected chi connectivity index (χ2v) is 7.40. The summed E-state index contributed by atoms with van der Waals surface area (Å²) in [5.74, 6) is 0.489. The number of hydrogen-bond acceptors (Lipinski definition) is 4. The van der Waals surface area contributed by atoms with E-state index in [4.69, 9.17) is 17.0 Å². The summed E-state index contributed by atoms with van der Waals surface area (Å²) in [5, 5.41) is 7.91. The predicted octanol–water partition coefficient (Wildman–Crippen LogP) is 3.96. The number of hydrogen-bond donors (Lipinski definition) is 2. The van der Waals surface area contributed by atoms with Crippen molar-refractivity contribution < 1.29 is 9.53 Å². The lowest BCUT2D eigenvalue weighted by Gasteiger charge is -2.27. The summed E-state index contributed by atoms with van der Waals surface area (Å²) in [6.07, 6.45) is 5.67. The number of ether oxygens (including phenoxy) is 1. The van der Waals surface area contributed by atoms with Crippen molar-refractivity contribution in [1.82, 2.24) is 5.32 Å². The van der Waals surface area contributed by atoms with E-state index in [1.54, 1.807) is 11.3 Å². The third-order valence-corrected chi connectivity index (χ3v) is 5.53. The van der Waals surface area contributed by atoms with Crippen molar-refractivity contribution in [3.63, 3.8) is 0 Å².